The lowest BCUT2D eigenvalue weighted by molar-refractivity contribution is -0.130. The van der Waals surface area contributed by atoms with Gasteiger partial charge in [0.25, 0.3) is 0 Å². The summed E-state index contributed by atoms with van der Waals surface area (Å²) < 4.78 is 5.21. The summed E-state index contributed by atoms with van der Waals surface area (Å²) in [5.74, 6) is -0.0394. The van der Waals surface area contributed by atoms with Crippen molar-refractivity contribution in [3.8, 4) is 0 Å². The molecule has 24 heavy (non-hydrogen) atoms. The highest BCUT2D eigenvalue weighted by Gasteiger charge is 2.18. The van der Waals surface area contributed by atoms with E-state index in [-0.39, 0.29) is 5.91 Å². The molecule has 0 aliphatic rings. The SMILES string of the molecule is CCN(C)C(=O)C(C)Nc1cc(NC(=O)OC(C)(C)C)ccc1N. The van der Waals surface area contributed by atoms with Crippen LogP contribution in [0.15, 0.2) is 18.2 Å². The Balaban J connectivity index is 2.83. The third-order valence-electron chi connectivity index (χ3n) is 3.29. The standard InChI is InChI=1S/C17H28N4O3/c1-7-21(6)15(22)11(2)19-14-10-12(8-9-13(14)18)20-16(23)24-17(3,4)5/h8-11,19H,7,18H2,1-6H3,(H,20,23). The number of likely N-dealkylation sites (N-methyl/N-ethyl adjacent to an activating group) is 1. The van der Waals surface area contributed by atoms with E-state index < -0.39 is 17.7 Å². The van der Waals surface area contributed by atoms with Gasteiger partial charge in [0.15, 0.2) is 0 Å². The zero-order valence-electron chi connectivity index (χ0n) is 15.3. The first kappa shape index (κ1) is 19.6. The summed E-state index contributed by atoms with van der Waals surface area (Å²) in [6, 6.07) is 4.58. The predicted molar refractivity (Wildman–Crippen MR) is 97.1 cm³/mol. The zero-order valence-corrected chi connectivity index (χ0v) is 15.3. The Labute approximate surface area is 143 Å². The summed E-state index contributed by atoms with van der Waals surface area (Å²) in [5, 5.41) is 5.73. The van der Waals surface area contributed by atoms with Crippen LogP contribution in [0.1, 0.15) is 34.6 Å². The highest BCUT2D eigenvalue weighted by Crippen LogP contribution is 2.24. The number of anilines is 3. The fourth-order valence-corrected chi connectivity index (χ4v) is 1.96. The second-order valence-corrected chi connectivity index (χ2v) is 6.65. The molecule has 0 bridgehead atoms. The van der Waals surface area contributed by atoms with E-state index in [1.807, 2.05) is 6.92 Å². The molecule has 0 aliphatic heterocycles. The third-order valence-corrected chi connectivity index (χ3v) is 3.29. The summed E-state index contributed by atoms with van der Waals surface area (Å²) in [5.41, 5.74) is 6.97. The van der Waals surface area contributed by atoms with E-state index in [0.29, 0.717) is 23.6 Å². The van der Waals surface area contributed by atoms with E-state index in [1.165, 1.54) is 0 Å². The van der Waals surface area contributed by atoms with Gasteiger partial charge in [0.05, 0.1) is 11.4 Å². The molecule has 1 rings (SSSR count). The van der Waals surface area contributed by atoms with Crippen molar-refractivity contribution in [1.82, 2.24) is 4.90 Å². The first-order valence-corrected chi connectivity index (χ1v) is 7.94. The van der Waals surface area contributed by atoms with E-state index >= 15 is 0 Å². The molecule has 0 fully saturated rings. The molecule has 7 nitrogen and oxygen atoms in total. The van der Waals surface area contributed by atoms with Crippen LogP contribution in [0.2, 0.25) is 0 Å². The maximum Gasteiger partial charge on any atom is 0.412 e. The fraction of sp³-hybridized carbons (Fsp3) is 0.529. The molecule has 1 aromatic carbocycles. The first-order chi connectivity index (χ1) is 11.0. The highest BCUT2D eigenvalue weighted by atomic mass is 16.6. The van der Waals surface area contributed by atoms with Gasteiger partial charge in [0.1, 0.15) is 11.6 Å². The van der Waals surface area contributed by atoms with Gasteiger partial charge in [-0.3, -0.25) is 10.1 Å². The molecular weight excluding hydrogens is 308 g/mol. The largest absolute Gasteiger partial charge is 0.444 e. The number of nitrogens with one attached hydrogen (secondary N) is 2. The van der Waals surface area contributed by atoms with Crippen molar-refractivity contribution >= 4 is 29.1 Å². The van der Waals surface area contributed by atoms with Crippen LogP contribution in [0, 0.1) is 0 Å². The topological polar surface area (TPSA) is 96.7 Å². The summed E-state index contributed by atoms with van der Waals surface area (Å²) in [4.78, 5) is 25.6. The molecule has 0 heterocycles. The molecule has 4 N–H and O–H groups in total. The number of nitrogens with zero attached hydrogens (tertiary/aromatic N) is 1. The molecule has 0 aliphatic carbocycles. The average Bonchev–Trinajstić information content (AvgIpc) is 2.46. The lowest BCUT2D eigenvalue weighted by Crippen LogP contribution is -2.39. The number of hydrogen-bond donors (Lipinski definition) is 3. The molecule has 1 unspecified atom stereocenters. The van der Waals surface area contributed by atoms with E-state index in [1.54, 1.807) is 57.8 Å². The fourth-order valence-electron chi connectivity index (χ4n) is 1.96. The van der Waals surface area contributed by atoms with Crippen molar-refractivity contribution in [2.24, 2.45) is 0 Å². The summed E-state index contributed by atoms with van der Waals surface area (Å²) in [6.07, 6.45) is -0.548. The van der Waals surface area contributed by atoms with Crippen molar-refractivity contribution in [2.45, 2.75) is 46.3 Å². The average molecular weight is 336 g/mol. The molecule has 0 saturated heterocycles. The summed E-state index contributed by atoms with van der Waals surface area (Å²) >= 11 is 0. The van der Waals surface area contributed by atoms with Crippen LogP contribution in [-0.4, -0.2) is 42.1 Å². The van der Waals surface area contributed by atoms with Crippen LogP contribution in [0.3, 0.4) is 0 Å². The molecule has 0 radical (unpaired) electrons. The number of hydrogen-bond acceptors (Lipinski definition) is 5. The van der Waals surface area contributed by atoms with Crippen LogP contribution in [-0.2, 0) is 9.53 Å². The number of nitrogen functional groups attached to an aromatic ring is 1. The number of benzene rings is 1. The Morgan fingerprint density at radius 3 is 2.50 bits per heavy atom. The van der Waals surface area contributed by atoms with Gasteiger partial charge >= 0.3 is 6.09 Å². The second kappa shape index (κ2) is 7.90. The molecule has 0 spiro atoms. The van der Waals surface area contributed by atoms with Crippen LogP contribution >= 0.6 is 0 Å². The normalized spacial score (nSPS) is 12.2. The number of ether oxygens (including phenoxy) is 1. The molecule has 2 amide bonds. The number of nitrogens with two attached hydrogens (primary N) is 1. The van der Waals surface area contributed by atoms with E-state index in [0.717, 1.165) is 0 Å². The monoisotopic (exact) mass is 336 g/mol. The van der Waals surface area contributed by atoms with Crippen LogP contribution in [0.5, 0.6) is 0 Å². The Kier molecular flexibility index (Phi) is 6.45. The van der Waals surface area contributed by atoms with E-state index in [4.69, 9.17) is 10.5 Å². The Hall–Kier alpha value is -2.44. The van der Waals surface area contributed by atoms with Gasteiger partial charge in [-0.2, -0.15) is 0 Å². The van der Waals surface area contributed by atoms with Gasteiger partial charge in [0.2, 0.25) is 5.91 Å². The molecule has 1 atom stereocenters. The number of rotatable bonds is 5. The van der Waals surface area contributed by atoms with Gasteiger partial charge < -0.3 is 20.7 Å². The van der Waals surface area contributed by atoms with Crippen molar-refractivity contribution in [3.05, 3.63) is 18.2 Å². The van der Waals surface area contributed by atoms with Crippen LogP contribution in [0.25, 0.3) is 0 Å². The Morgan fingerprint density at radius 2 is 1.96 bits per heavy atom. The molecule has 0 aromatic heterocycles. The van der Waals surface area contributed by atoms with Crippen LogP contribution in [0.4, 0.5) is 21.9 Å². The third kappa shape index (κ3) is 5.98. The minimum Gasteiger partial charge on any atom is -0.444 e. The Bertz CT molecular complexity index is 596. The second-order valence-electron chi connectivity index (χ2n) is 6.65. The minimum absolute atomic E-state index is 0.0394. The van der Waals surface area contributed by atoms with Crippen molar-refractivity contribution in [2.75, 3.05) is 30.0 Å². The molecule has 1 aromatic rings. The highest BCUT2D eigenvalue weighted by molar-refractivity contribution is 5.89. The molecule has 134 valence electrons. The molecule has 0 saturated carbocycles. The minimum atomic E-state index is -0.579. The number of carbonyl (C=O) groups is 2. The van der Waals surface area contributed by atoms with Gasteiger partial charge in [-0.15, -0.1) is 0 Å². The quantitative estimate of drug-likeness (QED) is 0.718. The number of amides is 2. The van der Waals surface area contributed by atoms with Gasteiger partial charge in [-0.05, 0) is 52.8 Å². The van der Waals surface area contributed by atoms with E-state index in [9.17, 15) is 9.59 Å². The maximum atomic E-state index is 12.1. The van der Waals surface area contributed by atoms with E-state index in [2.05, 4.69) is 10.6 Å². The van der Waals surface area contributed by atoms with Crippen molar-refractivity contribution in [1.29, 1.82) is 0 Å². The smallest absolute Gasteiger partial charge is 0.412 e. The molecule has 7 heteroatoms. The lowest BCUT2D eigenvalue weighted by Gasteiger charge is -2.23. The maximum absolute atomic E-state index is 12.1. The van der Waals surface area contributed by atoms with Gasteiger partial charge in [0, 0.05) is 19.3 Å². The van der Waals surface area contributed by atoms with Crippen molar-refractivity contribution in [3.63, 3.8) is 0 Å². The summed E-state index contributed by atoms with van der Waals surface area (Å²) in [7, 11) is 1.74. The first-order valence-electron chi connectivity index (χ1n) is 7.94. The lowest BCUT2D eigenvalue weighted by atomic mass is 10.2. The van der Waals surface area contributed by atoms with Gasteiger partial charge in [-0.25, -0.2) is 4.79 Å². The Morgan fingerprint density at radius 1 is 1.33 bits per heavy atom. The zero-order chi connectivity index (χ0) is 18.5. The molecular formula is C17H28N4O3. The number of carbonyl (C=O) groups excluding carboxylic acids is 2. The van der Waals surface area contributed by atoms with Gasteiger partial charge in [-0.1, -0.05) is 0 Å². The summed E-state index contributed by atoms with van der Waals surface area (Å²) in [6.45, 7) is 9.67. The van der Waals surface area contributed by atoms with Crippen molar-refractivity contribution < 1.29 is 14.3 Å². The van der Waals surface area contributed by atoms with Crippen LogP contribution < -0.4 is 16.4 Å². The predicted octanol–water partition coefficient (Wildman–Crippen LogP) is 2.89.